The Morgan fingerprint density at radius 3 is 2.55 bits per heavy atom. The highest BCUT2D eigenvalue weighted by Crippen LogP contribution is 2.21. The molecule has 0 aromatic heterocycles. The molecule has 0 saturated carbocycles. The van der Waals surface area contributed by atoms with E-state index < -0.39 is 0 Å². The van der Waals surface area contributed by atoms with Gasteiger partial charge in [-0.15, -0.1) is 0 Å². The Kier molecular flexibility index (Phi) is 8.27. The molecule has 0 spiro atoms. The molecule has 1 aromatic carbocycles. The second kappa shape index (κ2) is 9.43. The first kappa shape index (κ1) is 17.5. The van der Waals surface area contributed by atoms with Crippen molar-refractivity contribution < 1.29 is 0 Å². The molecule has 0 radical (unpaired) electrons. The summed E-state index contributed by atoms with van der Waals surface area (Å²) < 4.78 is 0. The molecule has 0 heterocycles. The Morgan fingerprint density at radius 2 is 1.95 bits per heavy atom. The number of hydrogen-bond donors (Lipinski definition) is 1. The molecule has 0 aliphatic rings. The van der Waals surface area contributed by atoms with Crippen LogP contribution in [0, 0.1) is 13.8 Å². The fourth-order valence-electron chi connectivity index (χ4n) is 2.02. The predicted octanol–water partition coefficient (Wildman–Crippen LogP) is 3.64. The van der Waals surface area contributed by atoms with Crippen LogP contribution in [0.2, 0.25) is 0 Å². The number of thioether (sulfide) groups is 1. The Balaban J connectivity index is 2.60. The first-order valence-corrected chi connectivity index (χ1v) is 8.73. The van der Waals surface area contributed by atoms with Crippen LogP contribution in [-0.2, 0) is 0 Å². The van der Waals surface area contributed by atoms with Gasteiger partial charge in [0, 0.05) is 24.1 Å². The molecule has 3 heteroatoms. The molecule has 0 aliphatic heterocycles. The summed E-state index contributed by atoms with van der Waals surface area (Å²) in [5.74, 6) is 2.35. The highest BCUT2D eigenvalue weighted by Gasteiger charge is 2.11. The molecule has 0 aliphatic carbocycles. The van der Waals surface area contributed by atoms with E-state index in [1.807, 2.05) is 11.8 Å². The van der Waals surface area contributed by atoms with Gasteiger partial charge in [-0.1, -0.05) is 25.1 Å². The zero-order chi connectivity index (χ0) is 15.0. The maximum atomic E-state index is 3.69. The molecule has 0 saturated heterocycles. The molecule has 0 amide bonds. The summed E-state index contributed by atoms with van der Waals surface area (Å²) >= 11 is 2.04. The molecule has 20 heavy (non-hydrogen) atoms. The van der Waals surface area contributed by atoms with Crippen LogP contribution in [0.5, 0.6) is 0 Å². The Morgan fingerprint density at radius 1 is 1.20 bits per heavy atom. The van der Waals surface area contributed by atoms with Gasteiger partial charge in [0.1, 0.15) is 0 Å². The van der Waals surface area contributed by atoms with Crippen LogP contribution < -0.4 is 5.32 Å². The predicted molar refractivity (Wildman–Crippen MR) is 92.8 cm³/mol. The van der Waals surface area contributed by atoms with Gasteiger partial charge >= 0.3 is 0 Å². The SMILES string of the molecule is CCCNC(CSCCN(C)C)c1ccc(C)c(C)c1. The number of rotatable bonds is 9. The van der Waals surface area contributed by atoms with E-state index in [2.05, 4.69) is 63.3 Å². The number of nitrogens with zero attached hydrogens (tertiary/aromatic N) is 1. The Bertz CT molecular complexity index is 391. The average Bonchev–Trinajstić information content (AvgIpc) is 2.41. The zero-order valence-electron chi connectivity index (χ0n) is 13.7. The van der Waals surface area contributed by atoms with E-state index in [9.17, 15) is 0 Å². The topological polar surface area (TPSA) is 15.3 Å². The normalized spacial score (nSPS) is 12.9. The second-order valence-corrected chi connectivity index (χ2v) is 6.88. The maximum absolute atomic E-state index is 3.69. The van der Waals surface area contributed by atoms with Gasteiger partial charge < -0.3 is 10.2 Å². The zero-order valence-corrected chi connectivity index (χ0v) is 14.5. The van der Waals surface area contributed by atoms with Crippen molar-refractivity contribution in [2.75, 3.05) is 38.7 Å². The molecule has 1 rings (SSSR count). The van der Waals surface area contributed by atoms with E-state index in [0.29, 0.717) is 6.04 Å². The fraction of sp³-hybridized carbons (Fsp3) is 0.647. The van der Waals surface area contributed by atoms with Crippen LogP contribution in [0.3, 0.4) is 0 Å². The Labute approximate surface area is 129 Å². The van der Waals surface area contributed by atoms with Gasteiger partial charge in [-0.25, -0.2) is 0 Å². The summed E-state index contributed by atoms with van der Waals surface area (Å²) in [4.78, 5) is 2.25. The van der Waals surface area contributed by atoms with E-state index in [1.54, 1.807) is 0 Å². The lowest BCUT2D eigenvalue weighted by Gasteiger charge is -2.20. The van der Waals surface area contributed by atoms with Crippen molar-refractivity contribution in [2.24, 2.45) is 0 Å². The number of aryl methyl sites for hydroxylation is 2. The van der Waals surface area contributed by atoms with E-state index in [0.717, 1.165) is 18.8 Å². The van der Waals surface area contributed by atoms with Crippen LogP contribution in [0.15, 0.2) is 18.2 Å². The highest BCUT2D eigenvalue weighted by molar-refractivity contribution is 7.99. The van der Waals surface area contributed by atoms with Crippen LogP contribution in [0.1, 0.15) is 36.1 Å². The molecule has 0 bridgehead atoms. The fourth-order valence-corrected chi connectivity index (χ4v) is 3.23. The molecular weight excluding hydrogens is 264 g/mol. The van der Waals surface area contributed by atoms with Gasteiger partial charge in [-0.05, 0) is 57.6 Å². The summed E-state index contributed by atoms with van der Waals surface area (Å²) in [6, 6.07) is 7.34. The first-order valence-electron chi connectivity index (χ1n) is 7.57. The van der Waals surface area contributed by atoms with E-state index in [1.165, 1.54) is 28.9 Å². The smallest absolute Gasteiger partial charge is 0.0411 e. The van der Waals surface area contributed by atoms with E-state index in [4.69, 9.17) is 0 Å². The van der Waals surface area contributed by atoms with Crippen LogP contribution >= 0.6 is 11.8 Å². The van der Waals surface area contributed by atoms with Crippen molar-refractivity contribution >= 4 is 11.8 Å². The summed E-state index contributed by atoms with van der Waals surface area (Å²) in [6.45, 7) is 8.85. The monoisotopic (exact) mass is 294 g/mol. The summed E-state index contributed by atoms with van der Waals surface area (Å²) in [7, 11) is 4.27. The van der Waals surface area contributed by atoms with Gasteiger partial charge in [-0.3, -0.25) is 0 Å². The molecule has 1 atom stereocenters. The van der Waals surface area contributed by atoms with Crippen molar-refractivity contribution in [3.63, 3.8) is 0 Å². The lowest BCUT2D eigenvalue weighted by Crippen LogP contribution is -2.25. The van der Waals surface area contributed by atoms with Crippen molar-refractivity contribution in [2.45, 2.75) is 33.2 Å². The largest absolute Gasteiger partial charge is 0.309 e. The average molecular weight is 295 g/mol. The van der Waals surface area contributed by atoms with Gasteiger partial charge in [0.15, 0.2) is 0 Å². The number of hydrogen-bond acceptors (Lipinski definition) is 3. The van der Waals surface area contributed by atoms with Crippen LogP contribution in [0.4, 0.5) is 0 Å². The highest BCUT2D eigenvalue weighted by atomic mass is 32.2. The third-order valence-electron chi connectivity index (χ3n) is 3.54. The first-order chi connectivity index (χ1) is 9.54. The summed E-state index contributed by atoms with van der Waals surface area (Å²) in [6.07, 6.45) is 1.18. The lowest BCUT2D eigenvalue weighted by atomic mass is 10.0. The molecule has 1 unspecified atom stereocenters. The maximum Gasteiger partial charge on any atom is 0.0411 e. The molecule has 0 fully saturated rings. The number of benzene rings is 1. The van der Waals surface area contributed by atoms with Crippen molar-refractivity contribution in [1.82, 2.24) is 10.2 Å². The van der Waals surface area contributed by atoms with Crippen molar-refractivity contribution in [3.8, 4) is 0 Å². The van der Waals surface area contributed by atoms with Gasteiger partial charge in [0.25, 0.3) is 0 Å². The second-order valence-electron chi connectivity index (χ2n) is 5.73. The standard InChI is InChI=1S/C17H30N2S/c1-6-9-18-17(13-20-11-10-19(4)5)16-8-7-14(2)15(3)12-16/h7-8,12,17-18H,6,9-11,13H2,1-5H3. The third kappa shape index (κ3) is 6.29. The van der Waals surface area contributed by atoms with Crippen molar-refractivity contribution in [1.29, 1.82) is 0 Å². The summed E-state index contributed by atoms with van der Waals surface area (Å²) in [5.41, 5.74) is 4.20. The summed E-state index contributed by atoms with van der Waals surface area (Å²) in [5, 5.41) is 3.69. The minimum atomic E-state index is 0.474. The van der Waals surface area contributed by atoms with E-state index >= 15 is 0 Å². The van der Waals surface area contributed by atoms with Gasteiger partial charge in [0.2, 0.25) is 0 Å². The third-order valence-corrected chi connectivity index (χ3v) is 4.58. The lowest BCUT2D eigenvalue weighted by molar-refractivity contribution is 0.437. The molecule has 2 nitrogen and oxygen atoms in total. The minimum absolute atomic E-state index is 0.474. The van der Waals surface area contributed by atoms with E-state index in [-0.39, 0.29) is 0 Å². The van der Waals surface area contributed by atoms with Crippen LogP contribution in [0.25, 0.3) is 0 Å². The van der Waals surface area contributed by atoms with Crippen LogP contribution in [-0.4, -0.2) is 43.6 Å². The quantitative estimate of drug-likeness (QED) is 0.700. The molecule has 114 valence electrons. The van der Waals surface area contributed by atoms with Gasteiger partial charge in [-0.2, -0.15) is 11.8 Å². The van der Waals surface area contributed by atoms with Crippen molar-refractivity contribution in [3.05, 3.63) is 34.9 Å². The number of nitrogens with one attached hydrogen (secondary N) is 1. The minimum Gasteiger partial charge on any atom is -0.309 e. The molecule has 1 aromatic rings. The molecular formula is C17H30N2S. The van der Waals surface area contributed by atoms with Gasteiger partial charge in [0.05, 0.1) is 0 Å². The molecule has 1 N–H and O–H groups in total. The Hall–Kier alpha value is -0.510.